The van der Waals surface area contributed by atoms with Crippen LogP contribution in [0, 0.1) is 18.3 Å². The van der Waals surface area contributed by atoms with Gasteiger partial charge in [0.25, 0.3) is 0 Å². The summed E-state index contributed by atoms with van der Waals surface area (Å²) >= 11 is 0. The molecule has 41 heavy (non-hydrogen) atoms. The number of carbonyl (C=O) groups is 1. The SMILES string of the molecule is Cc1c(COc2ccccc2-c2ccnc(N3CC[C@@]4(C(=O)O)C[C@H]4C3)n2)ccc2c1CCN(C1CCCCC1)C2. The number of benzene rings is 2. The van der Waals surface area contributed by atoms with Gasteiger partial charge in [0.15, 0.2) is 0 Å². The second-order valence-electron chi connectivity index (χ2n) is 12.6. The zero-order valence-electron chi connectivity index (χ0n) is 24.0. The molecule has 0 amide bonds. The Bertz CT molecular complexity index is 1450. The van der Waals surface area contributed by atoms with E-state index in [0.717, 1.165) is 49.0 Å². The first-order valence-corrected chi connectivity index (χ1v) is 15.4. The highest BCUT2D eigenvalue weighted by atomic mass is 16.5. The van der Waals surface area contributed by atoms with Crippen LogP contribution >= 0.6 is 0 Å². The maximum absolute atomic E-state index is 11.7. The van der Waals surface area contributed by atoms with Crippen molar-refractivity contribution >= 4 is 11.9 Å². The monoisotopic (exact) mass is 552 g/mol. The van der Waals surface area contributed by atoms with Crippen molar-refractivity contribution in [1.82, 2.24) is 14.9 Å². The molecule has 0 spiro atoms. The number of carboxylic acids is 1. The van der Waals surface area contributed by atoms with Crippen LogP contribution in [0.4, 0.5) is 5.95 Å². The fourth-order valence-corrected chi connectivity index (χ4v) is 7.60. The van der Waals surface area contributed by atoms with Gasteiger partial charge in [-0.25, -0.2) is 9.97 Å². The summed E-state index contributed by atoms with van der Waals surface area (Å²) in [5.74, 6) is 1.00. The molecular weight excluding hydrogens is 512 g/mol. The quantitative estimate of drug-likeness (QED) is 0.384. The van der Waals surface area contributed by atoms with E-state index in [1.165, 1.54) is 54.4 Å². The van der Waals surface area contributed by atoms with Crippen LogP contribution in [-0.2, 0) is 24.4 Å². The average Bonchev–Trinajstić information content (AvgIpc) is 3.77. The molecule has 2 aliphatic heterocycles. The Labute approximate surface area is 242 Å². The molecular formula is C34H40N4O3. The van der Waals surface area contributed by atoms with Crippen LogP contribution in [0.15, 0.2) is 48.7 Å². The highest BCUT2D eigenvalue weighted by molar-refractivity contribution is 5.79. The summed E-state index contributed by atoms with van der Waals surface area (Å²) in [7, 11) is 0. The molecule has 0 unspecified atom stereocenters. The van der Waals surface area contributed by atoms with Crippen LogP contribution in [0.1, 0.15) is 67.2 Å². The van der Waals surface area contributed by atoms with Crippen LogP contribution in [-0.4, -0.2) is 51.6 Å². The van der Waals surface area contributed by atoms with Gasteiger partial charge in [-0.2, -0.15) is 0 Å². The Kier molecular flexibility index (Phi) is 6.93. The molecule has 7 heteroatoms. The minimum absolute atomic E-state index is 0.187. The number of carboxylic acid groups (broad SMARTS) is 1. The number of aliphatic carboxylic acids is 1. The molecule has 1 N–H and O–H groups in total. The van der Waals surface area contributed by atoms with E-state index in [9.17, 15) is 9.90 Å². The van der Waals surface area contributed by atoms with Crippen molar-refractivity contribution in [3.8, 4) is 17.0 Å². The van der Waals surface area contributed by atoms with Gasteiger partial charge in [0.2, 0.25) is 5.95 Å². The Morgan fingerprint density at radius 3 is 2.78 bits per heavy atom. The van der Waals surface area contributed by atoms with E-state index in [0.29, 0.717) is 32.1 Å². The van der Waals surface area contributed by atoms with Gasteiger partial charge in [0, 0.05) is 44.0 Å². The number of para-hydroxylation sites is 1. The Balaban J connectivity index is 1.05. The number of fused-ring (bicyclic) bond motifs is 2. The third-order valence-corrected chi connectivity index (χ3v) is 10.3. The van der Waals surface area contributed by atoms with Gasteiger partial charge >= 0.3 is 5.97 Å². The summed E-state index contributed by atoms with van der Waals surface area (Å²) in [6.45, 7) is 6.39. The van der Waals surface area contributed by atoms with Crippen LogP contribution in [0.25, 0.3) is 11.3 Å². The molecule has 7 nitrogen and oxygen atoms in total. The second kappa shape index (κ2) is 10.8. The summed E-state index contributed by atoms with van der Waals surface area (Å²) in [4.78, 5) is 26.0. The molecule has 7 rings (SSSR count). The number of rotatable bonds is 7. The molecule has 3 fully saturated rings. The number of anilines is 1. The van der Waals surface area contributed by atoms with E-state index >= 15 is 0 Å². The number of piperidine rings is 1. The zero-order valence-corrected chi connectivity index (χ0v) is 24.0. The molecule has 4 aliphatic rings. The first kappa shape index (κ1) is 26.4. The van der Waals surface area contributed by atoms with Crippen LogP contribution in [0.5, 0.6) is 5.75 Å². The predicted molar refractivity (Wildman–Crippen MR) is 159 cm³/mol. The normalized spacial score (nSPS) is 24.4. The largest absolute Gasteiger partial charge is 0.488 e. The van der Waals surface area contributed by atoms with Crippen LogP contribution in [0.3, 0.4) is 0 Å². The van der Waals surface area contributed by atoms with Crippen molar-refractivity contribution in [2.24, 2.45) is 11.3 Å². The number of hydrogen-bond acceptors (Lipinski definition) is 6. The molecule has 2 atom stereocenters. The van der Waals surface area contributed by atoms with Crippen LogP contribution < -0.4 is 9.64 Å². The second-order valence-corrected chi connectivity index (χ2v) is 12.6. The fourth-order valence-electron chi connectivity index (χ4n) is 7.60. The molecule has 1 aromatic heterocycles. The summed E-state index contributed by atoms with van der Waals surface area (Å²) in [5, 5.41) is 9.62. The molecule has 2 aromatic carbocycles. The third kappa shape index (κ3) is 4.99. The summed E-state index contributed by atoms with van der Waals surface area (Å²) in [6.07, 6.45) is 11.2. The van der Waals surface area contributed by atoms with E-state index in [2.05, 4.69) is 33.8 Å². The Hall–Kier alpha value is -3.45. The molecule has 3 heterocycles. The van der Waals surface area contributed by atoms with Gasteiger partial charge < -0.3 is 14.7 Å². The minimum atomic E-state index is -0.654. The third-order valence-electron chi connectivity index (χ3n) is 10.3. The molecule has 214 valence electrons. The molecule has 2 saturated carbocycles. The molecule has 0 radical (unpaired) electrons. The van der Waals surface area contributed by atoms with Gasteiger partial charge in [0.05, 0.1) is 11.1 Å². The number of hydrogen-bond donors (Lipinski definition) is 1. The molecule has 2 aliphatic carbocycles. The molecule has 3 aromatic rings. The van der Waals surface area contributed by atoms with Crippen molar-refractivity contribution in [1.29, 1.82) is 0 Å². The van der Waals surface area contributed by atoms with Crippen molar-refractivity contribution < 1.29 is 14.6 Å². The standard InChI is InChI=1S/C34H40N4O3/c1-23-25(12-11-24-20-37(17-14-28(23)24)27-7-3-2-4-8-27)22-41-31-10-6-5-9-29(31)30-13-16-35-33(36-30)38-18-15-34(32(39)40)19-26(34)21-38/h5-6,9-13,16,26-27H,2-4,7-8,14-15,17-22H2,1H3,(H,39,40)/t26-,34+/m0/s1. The fraction of sp³-hybridized carbons (Fsp3) is 0.500. The first-order valence-electron chi connectivity index (χ1n) is 15.4. The predicted octanol–water partition coefficient (Wildman–Crippen LogP) is 6.02. The summed E-state index contributed by atoms with van der Waals surface area (Å²) < 4.78 is 6.46. The Morgan fingerprint density at radius 2 is 1.95 bits per heavy atom. The van der Waals surface area contributed by atoms with E-state index < -0.39 is 11.4 Å². The zero-order chi connectivity index (χ0) is 28.0. The van der Waals surface area contributed by atoms with Gasteiger partial charge in [-0.15, -0.1) is 0 Å². The number of nitrogens with zero attached hydrogens (tertiary/aromatic N) is 4. The number of aromatic nitrogens is 2. The lowest BCUT2D eigenvalue weighted by atomic mass is 9.88. The maximum atomic E-state index is 11.7. The number of ether oxygens (including phenoxy) is 1. The molecule has 1 saturated heterocycles. The highest BCUT2D eigenvalue weighted by Crippen LogP contribution is 2.58. The topological polar surface area (TPSA) is 78.8 Å². The summed E-state index contributed by atoms with van der Waals surface area (Å²) in [6, 6.07) is 15.4. The van der Waals surface area contributed by atoms with Gasteiger partial charge in [-0.1, -0.05) is 43.5 Å². The van der Waals surface area contributed by atoms with Crippen molar-refractivity contribution in [2.75, 3.05) is 24.5 Å². The van der Waals surface area contributed by atoms with Gasteiger partial charge in [-0.05, 0) is 85.4 Å². The van der Waals surface area contributed by atoms with E-state index in [1.54, 1.807) is 6.20 Å². The average molecular weight is 553 g/mol. The van der Waals surface area contributed by atoms with E-state index in [-0.39, 0.29) is 5.92 Å². The van der Waals surface area contributed by atoms with E-state index in [4.69, 9.17) is 9.72 Å². The highest BCUT2D eigenvalue weighted by Gasteiger charge is 2.62. The van der Waals surface area contributed by atoms with Crippen molar-refractivity contribution in [3.63, 3.8) is 0 Å². The van der Waals surface area contributed by atoms with Gasteiger partial charge in [0.1, 0.15) is 12.4 Å². The minimum Gasteiger partial charge on any atom is -0.488 e. The lowest BCUT2D eigenvalue weighted by molar-refractivity contribution is -0.144. The van der Waals surface area contributed by atoms with Crippen molar-refractivity contribution in [2.45, 2.75) is 77.5 Å². The molecule has 0 bridgehead atoms. The van der Waals surface area contributed by atoms with Crippen molar-refractivity contribution in [3.05, 3.63) is 70.9 Å². The smallest absolute Gasteiger partial charge is 0.310 e. The lowest BCUT2D eigenvalue weighted by Crippen LogP contribution is -2.40. The maximum Gasteiger partial charge on any atom is 0.310 e. The van der Waals surface area contributed by atoms with Crippen LogP contribution in [0.2, 0.25) is 0 Å². The van der Waals surface area contributed by atoms with E-state index in [1.807, 2.05) is 30.3 Å². The Morgan fingerprint density at radius 1 is 1.10 bits per heavy atom. The van der Waals surface area contributed by atoms with Gasteiger partial charge in [-0.3, -0.25) is 9.69 Å². The first-order chi connectivity index (χ1) is 20.0. The lowest BCUT2D eigenvalue weighted by Gasteiger charge is -2.38. The summed E-state index contributed by atoms with van der Waals surface area (Å²) in [5.41, 5.74) is 6.86.